The fourth-order valence-electron chi connectivity index (χ4n) is 10.0. The summed E-state index contributed by atoms with van der Waals surface area (Å²) >= 11 is 0. The van der Waals surface area contributed by atoms with Gasteiger partial charge in [0.15, 0.2) is 0 Å². The summed E-state index contributed by atoms with van der Waals surface area (Å²) in [4.78, 5) is 2.51. The maximum atomic E-state index is 2.51. The van der Waals surface area contributed by atoms with Gasteiger partial charge in [-0.15, -0.1) is 0 Å². The van der Waals surface area contributed by atoms with Crippen LogP contribution in [0.5, 0.6) is 0 Å². The van der Waals surface area contributed by atoms with E-state index in [-0.39, 0.29) is 16.2 Å². The van der Waals surface area contributed by atoms with Crippen molar-refractivity contribution in [3.63, 3.8) is 0 Å². The normalized spacial score (nSPS) is 14.5. The Kier molecular flexibility index (Phi) is 7.83. The average molecular weight is 736 g/mol. The number of anilines is 3. The van der Waals surface area contributed by atoms with Gasteiger partial charge in [-0.2, -0.15) is 0 Å². The second kappa shape index (κ2) is 12.7. The molecule has 0 fully saturated rings. The SMILES string of the molecule is CC(C)(C)c1ccc(N(c2ccc3c(c2)-c2ccccc2C3(C)C)c2ccc3ccccc3c2-c2ccccc2-c2cccc3c2-c2ccccc2C3(C)C)cc1. The number of fused-ring (bicyclic) bond motifs is 7. The van der Waals surface area contributed by atoms with E-state index in [1.807, 2.05) is 0 Å². The van der Waals surface area contributed by atoms with E-state index in [0.717, 1.165) is 17.1 Å². The number of hydrogen-bond acceptors (Lipinski definition) is 1. The molecule has 0 radical (unpaired) electrons. The van der Waals surface area contributed by atoms with Crippen molar-refractivity contribution in [1.29, 1.82) is 0 Å². The standard InChI is InChI=1S/C56H49N/c1-54(2,3)37-28-30-38(31-29-37)57(39-32-33-49-46(35-39)42-20-12-14-24-47(42)55(49,4)5)51-34-27-36-17-8-9-18-40(36)53(51)44-21-11-10-19-41(44)43-23-16-26-50-52(43)45-22-13-15-25-48(45)56(50,6)7/h8-35H,1-7H3. The Morgan fingerprint density at radius 3 is 1.67 bits per heavy atom. The third-order valence-electron chi connectivity index (χ3n) is 13.1. The monoisotopic (exact) mass is 735 g/mol. The van der Waals surface area contributed by atoms with Crippen molar-refractivity contribution in [2.75, 3.05) is 4.90 Å². The first-order chi connectivity index (χ1) is 27.4. The summed E-state index contributed by atoms with van der Waals surface area (Å²) in [6, 6.07) is 64.0. The van der Waals surface area contributed by atoms with Crippen LogP contribution in [0.15, 0.2) is 170 Å². The van der Waals surface area contributed by atoms with E-state index < -0.39 is 0 Å². The van der Waals surface area contributed by atoms with Crippen molar-refractivity contribution in [3.05, 3.63) is 198 Å². The first-order valence-electron chi connectivity index (χ1n) is 20.4. The Morgan fingerprint density at radius 2 is 0.930 bits per heavy atom. The summed E-state index contributed by atoms with van der Waals surface area (Å²) < 4.78 is 0. The van der Waals surface area contributed by atoms with Crippen molar-refractivity contribution < 1.29 is 0 Å². The van der Waals surface area contributed by atoms with Crippen molar-refractivity contribution in [3.8, 4) is 44.5 Å². The minimum atomic E-state index is -0.0851. The molecule has 0 amide bonds. The van der Waals surface area contributed by atoms with Crippen LogP contribution in [-0.4, -0.2) is 0 Å². The quantitative estimate of drug-likeness (QED) is 0.170. The predicted octanol–water partition coefficient (Wildman–Crippen LogP) is 15.6. The Morgan fingerprint density at radius 1 is 0.386 bits per heavy atom. The van der Waals surface area contributed by atoms with E-state index >= 15 is 0 Å². The van der Waals surface area contributed by atoms with E-state index in [1.54, 1.807) is 0 Å². The molecule has 8 aromatic rings. The van der Waals surface area contributed by atoms with Crippen LogP contribution in [0.4, 0.5) is 17.1 Å². The van der Waals surface area contributed by atoms with Gasteiger partial charge < -0.3 is 4.90 Å². The molecule has 0 aliphatic heterocycles. The maximum Gasteiger partial charge on any atom is 0.0546 e. The van der Waals surface area contributed by atoms with E-state index in [4.69, 9.17) is 0 Å². The highest BCUT2D eigenvalue weighted by Crippen LogP contribution is 2.55. The average Bonchev–Trinajstić information content (AvgIpc) is 3.60. The highest BCUT2D eigenvalue weighted by atomic mass is 15.1. The fraction of sp³-hybridized carbons (Fsp3) is 0.179. The number of nitrogens with zero attached hydrogens (tertiary/aromatic N) is 1. The molecular formula is C56H49N. The molecule has 10 rings (SSSR count). The largest absolute Gasteiger partial charge is 0.310 e. The number of hydrogen-bond donors (Lipinski definition) is 0. The van der Waals surface area contributed by atoms with Gasteiger partial charge in [0.25, 0.3) is 0 Å². The summed E-state index contributed by atoms with van der Waals surface area (Å²) in [5.41, 5.74) is 20.5. The number of rotatable bonds is 5. The van der Waals surface area contributed by atoms with Gasteiger partial charge in [0.05, 0.1) is 5.69 Å². The zero-order valence-electron chi connectivity index (χ0n) is 34.1. The van der Waals surface area contributed by atoms with Gasteiger partial charge in [0, 0.05) is 27.8 Å². The third-order valence-corrected chi connectivity index (χ3v) is 13.1. The molecular weight excluding hydrogens is 687 g/mol. The molecule has 0 N–H and O–H groups in total. The molecule has 278 valence electrons. The molecule has 1 heteroatoms. The molecule has 0 spiro atoms. The smallest absolute Gasteiger partial charge is 0.0546 e. The van der Waals surface area contributed by atoms with Crippen molar-refractivity contribution in [2.24, 2.45) is 0 Å². The summed E-state index contributed by atoms with van der Waals surface area (Å²) in [6.07, 6.45) is 0. The summed E-state index contributed by atoms with van der Waals surface area (Å²) in [6.45, 7) is 16.3. The van der Waals surface area contributed by atoms with Gasteiger partial charge in [-0.3, -0.25) is 0 Å². The Hall–Kier alpha value is -6.18. The second-order valence-electron chi connectivity index (χ2n) is 18.2. The lowest BCUT2D eigenvalue weighted by atomic mass is 9.81. The fourth-order valence-corrected chi connectivity index (χ4v) is 10.0. The van der Waals surface area contributed by atoms with Gasteiger partial charge in [0.2, 0.25) is 0 Å². The van der Waals surface area contributed by atoms with Crippen LogP contribution in [0.1, 0.15) is 76.3 Å². The van der Waals surface area contributed by atoms with Crippen LogP contribution in [0.25, 0.3) is 55.3 Å². The zero-order valence-corrected chi connectivity index (χ0v) is 34.1. The van der Waals surface area contributed by atoms with Crippen molar-refractivity contribution in [2.45, 2.75) is 64.7 Å². The molecule has 0 saturated heterocycles. The minimum Gasteiger partial charge on any atom is -0.310 e. The molecule has 0 heterocycles. The van der Waals surface area contributed by atoms with E-state index in [0.29, 0.717) is 0 Å². The van der Waals surface area contributed by atoms with Crippen LogP contribution in [-0.2, 0) is 16.2 Å². The molecule has 0 saturated carbocycles. The molecule has 0 bridgehead atoms. The lowest BCUT2D eigenvalue weighted by Gasteiger charge is -2.31. The minimum absolute atomic E-state index is 0.0440. The lowest BCUT2D eigenvalue weighted by molar-refractivity contribution is 0.590. The number of benzene rings is 8. The Bertz CT molecular complexity index is 2880. The van der Waals surface area contributed by atoms with Crippen molar-refractivity contribution >= 4 is 27.8 Å². The molecule has 8 aromatic carbocycles. The summed E-state index contributed by atoms with van der Waals surface area (Å²) in [5, 5.41) is 2.46. The molecule has 0 unspecified atom stereocenters. The lowest BCUT2D eigenvalue weighted by Crippen LogP contribution is -2.16. The first kappa shape index (κ1) is 35.2. The molecule has 0 aromatic heterocycles. The van der Waals surface area contributed by atoms with E-state index in [2.05, 4.69) is 223 Å². The Labute approximate surface area is 338 Å². The van der Waals surface area contributed by atoms with Gasteiger partial charge >= 0.3 is 0 Å². The Balaban J connectivity index is 1.26. The molecule has 2 aliphatic rings. The summed E-state index contributed by atoms with van der Waals surface area (Å²) in [7, 11) is 0. The molecule has 0 atom stereocenters. The first-order valence-corrected chi connectivity index (χ1v) is 20.4. The molecule has 57 heavy (non-hydrogen) atoms. The van der Waals surface area contributed by atoms with Crippen molar-refractivity contribution in [1.82, 2.24) is 0 Å². The van der Waals surface area contributed by atoms with Crippen LogP contribution >= 0.6 is 0 Å². The second-order valence-corrected chi connectivity index (χ2v) is 18.2. The highest BCUT2D eigenvalue weighted by molar-refractivity contribution is 6.09. The van der Waals surface area contributed by atoms with Gasteiger partial charge in [-0.05, 0) is 113 Å². The topological polar surface area (TPSA) is 3.24 Å². The van der Waals surface area contributed by atoms with Crippen LogP contribution in [0.2, 0.25) is 0 Å². The molecule has 2 aliphatic carbocycles. The van der Waals surface area contributed by atoms with E-state index in [1.165, 1.54) is 83.1 Å². The predicted molar refractivity (Wildman–Crippen MR) is 243 cm³/mol. The maximum absolute atomic E-state index is 2.51. The van der Waals surface area contributed by atoms with Gasteiger partial charge in [0.1, 0.15) is 0 Å². The van der Waals surface area contributed by atoms with Gasteiger partial charge in [-0.25, -0.2) is 0 Å². The molecule has 1 nitrogen and oxygen atoms in total. The van der Waals surface area contributed by atoms with E-state index in [9.17, 15) is 0 Å². The summed E-state index contributed by atoms with van der Waals surface area (Å²) in [5.74, 6) is 0. The van der Waals surface area contributed by atoms with Crippen LogP contribution < -0.4 is 4.90 Å². The van der Waals surface area contributed by atoms with Crippen LogP contribution in [0.3, 0.4) is 0 Å². The van der Waals surface area contributed by atoms with Gasteiger partial charge in [-0.1, -0.05) is 188 Å². The highest BCUT2D eigenvalue weighted by Gasteiger charge is 2.38. The zero-order chi connectivity index (χ0) is 39.3. The third kappa shape index (κ3) is 5.36. The van der Waals surface area contributed by atoms with Crippen LogP contribution in [0, 0.1) is 0 Å².